The molecule has 0 aliphatic heterocycles. The fraction of sp³-hybridized carbons (Fsp3) is 0.200. The van der Waals surface area contributed by atoms with Crippen LogP contribution in [0.5, 0.6) is 0 Å². The molecule has 0 fully saturated rings. The van der Waals surface area contributed by atoms with E-state index in [9.17, 15) is 0 Å². The lowest BCUT2D eigenvalue weighted by atomic mass is 10.4. The first kappa shape index (κ1) is 12.4. The van der Waals surface area contributed by atoms with E-state index in [1.165, 1.54) is 4.80 Å². The van der Waals surface area contributed by atoms with Gasteiger partial charge < -0.3 is 4.42 Å². The van der Waals surface area contributed by atoms with Crippen molar-refractivity contribution in [3.63, 3.8) is 0 Å². The minimum atomic E-state index is 0.398. The average molecular weight is 344 g/mol. The van der Waals surface area contributed by atoms with Gasteiger partial charge in [-0.2, -0.15) is 9.90 Å². The standard InChI is InChI=1S/C10H8BrClN6O/c1-17-9(12)4-6(14-17)5-18-15-10(13-16-18)7-2-3-8(11)19-7/h2-4H,5H2,1H3. The van der Waals surface area contributed by atoms with Gasteiger partial charge in [-0.1, -0.05) is 11.6 Å². The molecule has 0 aliphatic rings. The topological polar surface area (TPSA) is 74.6 Å². The molecule has 0 saturated carbocycles. The molecule has 3 rings (SSSR count). The molecule has 0 aliphatic carbocycles. The SMILES string of the molecule is Cn1nc(Cn2nnc(-c3ccc(Br)o3)n2)cc1Cl. The monoisotopic (exact) mass is 342 g/mol. The summed E-state index contributed by atoms with van der Waals surface area (Å²) in [5, 5.41) is 16.9. The highest BCUT2D eigenvalue weighted by Gasteiger charge is 2.11. The van der Waals surface area contributed by atoms with Gasteiger partial charge in [0.15, 0.2) is 10.4 Å². The molecule has 0 N–H and O–H groups in total. The quantitative estimate of drug-likeness (QED) is 0.728. The van der Waals surface area contributed by atoms with Gasteiger partial charge in [-0.05, 0) is 33.3 Å². The van der Waals surface area contributed by atoms with E-state index in [0.29, 0.717) is 28.0 Å². The summed E-state index contributed by atoms with van der Waals surface area (Å²) in [5.74, 6) is 0.977. The van der Waals surface area contributed by atoms with Crippen LogP contribution in [0.15, 0.2) is 27.3 Å². The van der Waals surface area contributed by atoms with Crippen LogP contribution in [0.3, 0.4) is 0 Å². The van der Waals surface area contributed by atoms with Crippen LogP contribution >= 0.6 is 27.5 Å². The fourth-order valence-electron chi connectivity index (χ4n) is 1.57. The van der Waals surface area contributed by atoms with Crippen LogP contribution < -0.4 is 0 Å². The van der Waals surface area contributed by atoms with Crippen molar-refractivity contribution in [1.29, 1.82) is 0 Å². The van der Waals surface area contributed by atoms with Gasteiger partial charge in [0.25, 0.3) is 0 Å². The summed E-state index contributed by atoms with van der Waals surface area (Å²) in [6.45, 7) is 0.398. The number of tetrazole rings is 1. The number of aryl methyl sites for hydroxylation is 1. The van der Waals surface area contributed by atoms with Crippen molar-refractivity contribution in [2.24, 2.45) is 7.05 Å². The molecule has 0 spiro atoms. The molecular weight excluding hydrogens is 336 g/mol. The van der Waals surface area contributed by atoms with Gasteiger partial charge in [0.1, 0.15) is 11.7 Å². The van der Waals surface area contributed by atoms with Gasteiger partial charge in [0.05, 0.1) is 5.69 Å². The second-order valence-corrected chi connectivity index (χ2v) is 5.00. The molecular formula is C10H8BrClN6O. The summed E-state index contributed by atoms with van der Waals surface area (Å²) in [5.41, 5.74) is 0.761. The summed E-state index contributed by atoms with van der Waals surface area (Å²) in [6.07, 6.45) is 0. The van der Waals surface area contributed by atoms with Gasteiger partial charge in [0, 0.05) is 13.1 Å². The highest BCUT2D eigenvalue weighted by molar-refractivity contribution is 9.10. The van der Waals surface area contributed by atoms with Gasteiger partial charge in [-0.3, -0.25) is 4.68 Å². The normalized spacial score (nSPS) is 11.1. The zero-order valence-electron chi connectivity index (χ0n) is 9.79. The molecule has 3 aromatic heterocycles. The summed E-state index contributed by atoms with van der Waals surface area (Å²) in [7, 11) is 1.77. The third-order valence-corrected chi connectivity index (χ3v) is 3.20. The maximum atomic E-state index is 5.91. The Morgan fingerprint density at radius 2 is 2.21 bits per heavy atom. The minimum absolute atomic E-state index is 0.398. The molecule has 98 valence electrons. The lowest BCUT2D eigenvalue weighted by Crippen LogP contribution is -2.05. The van der Waals surface area contributed by atoms with Crippen molar-refractivity contribution in [2.75, 3.05) is 0 Å². The third kappa shape index (κ3) is 2.54. The van der Waals surface area contributed by atoms with Crippen LogP contribution in [0.2, 0.25) is 5.15 Å². The van der Waals surface area contributed by atoms with E-state index < -0.39 is 0 Å². The van der Waals surface area contributed by atoms with Crippen molar-refractivity contribution < 1.29 is 4.42 Å². The summed E-state index contributed by atoms with van der Waals surface area (Å²) < 4.78 is 7.56. The largest absolute Gasteiger partial charge is 0.446 e. The zero-order valence-corrected chi connectivity index (χ0v) is 12.1. The van der Waals surface area contributed by atoms with Crippen LogP contribution in [0, 0.1) is 0 Å². The Labute approximate surface area is 121 Å². The highest BCUT2D eigenvalue weighted by Crippen LogP contribution is 2.21. The first-order valence-electron chi connectivity index (χ1n) is 5.34. The predicted molar refractivity (Wildman–Crippen MR) is 70.5 cm³/mol. The van der Waals surface area contributed by atoms with E-state index >= 15 is 0 Å². The maximum Gasteiger partial charge on any atom is 0.240 e. The molecule has 0 unspecified atom stereocenters. The molecule has 7 nitrogen and oxygen atoms in total. The zero-order chi connectivity index (χ0) is 13.4. The van der Waals surface area contributed by atoms with Crippen molar-refractivity contribution in [2.45, 2.75) is 6.54 Å². The molecule has 3 aromatic rings. The molecule has 0 bridgehead atoms. The van der Waals surface area contributed by atoms with Crippen LogP contribution in [-0.2, 0) is 13.6 Å². The van der Waals surface area contributed by atoms with Crippen LogP contribution in [0.4, 0.5) is 0 Å². The van der Waals surface area contributed by atoms with E-state index in [1.54, 1.807) is 29.9 Å². The molecule has 0 amide bonds. The lowest BCUT2D eigenvalue weighted by molar-refractivity contribution is 0.544. The number of hydrogen-bond donors (Lipinski definition) is 0. The second-order valence-electron chi connectivity index (χ2n) is 3.83. The van der Waals surface area contributed by atoms with Crippen LogP contribution in [0.1, 0.15) is 5.69 Å². The molecule has 3 heterocycles. The number of furan rings is 1. The molecule has 0 atom stereocenters. The molecule has 0 saturated heterocycles. The minimum Gasteiger partial charge on any atom is -0.446 e. The number of halogens is 2. The van der Waals surface area contributed by atoms with E-state index in [2.05, 4.69) is 36.4 Å². The van der Waals surface area contributed by atoms with Crippen LogP contribution in [-0.4, -0.2) is 30.0 Å². The van der Waals surface area contributed by atoms with Crippen molar-refractivity contribution in [3.05, 3.63) is 33.7 Å². The second kappa shape index (κ2) is 4.78. The maximum absolute atomic E-state index is 5.91. The van der Waals surface area contributed by atoms with E-state index in [-0.39, 0.29) is 0 Å². The van der Waals surface area contributed by atoms with E-state index in [1.807, 2.05) is 0 Å². The Bertz CT molecular complexity index is 698. The number of rotatable bonds is 3. The Morgan fingerprint density at radius 1 is 1.37 bits per heavy atom. The first-order chi connectivity index (χ1) is 9.11. The summed E-state index contributed by atoms with van der Waals surface area (Å²) in [6, 6.07) is 5.30. The van der Waals surface area contributed by atoms with Gasteiger partial charge in [-0.25, -0.2) is 0 Å². The Balaban J connectivity index is 1.81. The van der Waals surface area contributed by atoms with Gasteiger partial charge in [0.2, 0.25) is 5.82 Å². The van der Waals surface area contributed by atoms with E-state index in [4.69, 9.17) is 16.0 Å². The highest BCUT2D eigenvalue weighted by atomic mass is 79.9. The molecule has 0 radical (unpaired) electrons. The Hall–Kier alpha value is -1.67. The lowest BCUT2D eigenvalue weighted by Gasteiger charge is -1.93. The molecule has 9 heteroatoms. The van der Waals surface area contributed by atoms with Crippen LogP contribution in [0.25, 0.3) is 11.6 Å². The van der Waals surface area contributed by atoms with Gasteiger partial charge in [-0.15, -0.1) is 10.2 Å². The van der Waals surface area contributed by atoms with E-state index in [0.717, 1.165) is 5.69 Å². The Morgan fingerprint density at radius 3 is 2.84 bits per heavy atom. The third-order valence-electron chi connectivity index (χ3n) is 2.42. The molecule has 0 aromatic carbocycles. The van der Waals surface area contributed by atoms with Crippen molar-refractivity contribution >= 4 is 27.5 Å². The summed E-state index contributed by atoms with van der Waals surface area (Å²) in [4.78, 5) is 1.43. The first-order valence-corrected chi connectivity index (χ1v) is 6.51. The molecule has 19 heavy (non-hydrogen) atoms. The van der Waals surface area contributed by atoms with Crippen molar-refractivity contribution in [3.8, 4) is 11.6 Å². The number of nitrogens with zero attached hydrogens (tertiary/aromatic N) is 6. The number of aromatic nitrogens is 6. The average Bonchev–Trinajstić information content (AvgIpc) is 3.03. The summed E-state index contributed by atoms with van der Waals surface area (Å²) >= 11 is 9.14. The van der Waals surface area contributed by atoms with Gasteiger partial charge >= 0.3 is 0 Å². The Kier molecular flexibility index (Phi) is 3.11. The number of hydrogen-bond acceptors (Lipinski definition) is 5. The fourth-order valence-corrected chi connectivity index (χ4v) is 2.04. The van der Waals surface area contributed by atoms with Crippen molar-refractivity contribution in [1.82, 2.24) is 30.0 Å². The smallest absolute Gasteiger partial charge is 0.240 e. The predicted octanol–water partition coefficient (Wildman–Crippen LogP) is 2.13.